The number of carbonyl (C=O) groups excluding carboxylic acids is 2. The van der Waals surface area contributed by atoms with Crippen molar-refractivity contribution in [2.24, 2.45) is 5.73 Å². The zero-order valence-electron chi connectivity index (χ0n) is 20.6. The van der Waals surface area contributed by atoms with Crippen LogP contribution in [0.4, 0.5) is 24.7 Å². The van der Waals surface area contributed by atoms with Crippen molar-refractivity contribution in [3.8, 4) is 28.5 Å². The first-order valence-electron chi connectivity index (χ1n) is 11.6. The fraction of sp³-hybridized carbons (Fsp3) is 0.143. The Labute approximate surface area is 220 Å². The van der Waals surface area contributed by atoms with E-state index in [4.69, 9.17) is 11.0 Å². The van der Waals surface area contributed by atoms with E-state index in [2.05, 4.69) is 15.0 Å². The van der Waals surface area contributed by atoms with Crippen molar-refractivity contribution in [1.82, 2.24) is 15.0 Å². The molecule has 0 bridgehead atoms. The average molecular weight is 528 g/mol. The largest absolute Gasteiger partial charge is 0.417 e. The number of rotatable bonds is 4. The lowest BCUT2D eigenvalue weighted by molar-refractivity contribution is -0.137. The summed E-state index contributed by atoms with van der Waals surface area (Å²) in [5.74, 6) is -1.28. The predicted octanol–water partition coefficient (Wildman–Crippen LogP) is 5.15. The molecule has 0 aliphatic carbocycles. The Morgan fingerprint density at radius 2 is 1.82 bits per heavy atom. The molecule has 4 heterocycles. The van der Waals surface area contributed by atoms with Gasteiger partial charge in [-0.1, -0.05) is 0 Å². The van der Waals surface area contributed by atoms with Crippen molar-refractivity contribution < 1.29 is 22.8 Å². The first kappa shape index (κ1) is 25.5. The Kier molecular flexibility index (Phi) is 5.91. The van der Waals surface area contributed by atoms with Crippen LogP contribution in [0, 0.1) is 11.3 Å². The van der Waals surface area contributed by atoms with Gasteiger partial charge in [-0.3, -0.25) is 24.5 Å². The van der Waals surface area contributed by atoms with Gasteiger partial charge in [0.2, 0.25) is 11.8 Å². The molecule has 2 N–H and O–H groups in total. The number of nitrogens with zero attached hydrogens (tertiary/aromatic N) is 5. The summed E-state index contributed by atoms with van der Waals surface area (Å²) >= 11 is 0. The van der Waals surface area contributed by atoms with Crippen molar-refractivity contribution >= 4 is 23.3 Å². The topological polar surface area (TPSA) is 126 Å². The smallest absolute Gasteiger partial charge is 0.366 e. The zero-order valence-corrected chi connectivity index (χ0v) is 20.6. The Bertz CT molecular complexity index is 1680. The van der Waals surface area contributed by atoms with Crippen LogP contribution in [0.2, 0.25) is 0 Å². The van der Waals surface area contributed by atoms with Gasteiger partial charge in [0.1, 0.15) is 11.9 Å². The van der Waals surface area contributed by atoms with Crippen molar-refractivity contribution in [1.29, 1.82) is 5.26 Å². The van der Waals surface area contributed by atoms with Crippen LogP contribution in [0.3, 0.4) is 0 Å². The van der Waals surface area contributed by atoms with Crippen LogP contribution in [-0.4, -0.2) is 26.8 Å². The summed E-state index contributed by atoms with van der Waals surface area (Å²) in [6.45, 7) is 3.38. The number of amides is 2. The number of hydrogen-bond acceptors (Lipinski definition) is 6. The molecule has 0 saturated heterocycles. The number of halogens is 3. The quantitative estimate of drug-likeness (QED) is 0.390. The third kappa shape index (κ3) is 4.16. The molecule has 0 atom stereocenters. The zero-order chi connectivity index (χ0) is 28.1. The SMILES string of the molecule is CC1(C)C(=O)N(c2cccnc2)c2nccc(-c3cc(C(N)=O)c(C(F)(F)F)c(-c4ccc(C#N)cn4)c3)c21. The standard InChI is InChI=1S/C28H19F3N6O2/c1-27(2)23-18(7-9-35-25(23)37(26(27)39)17-4-3-8-34-14-17)16-10-19(21-6-5-15(12-32)13-36-21)22(28(29,30)31)20(11-16)24(33)38/h3-11,13-14H,1-2H3,(H2,33,38). The van der Waals surface area contributed by atoms with Crippen LogP contribution >= 0.6 is 0 Å². The lowest BCUT2D eigenvalue weighted by Crippen LogP contribution is -2.33. The number of nitriles is 1. The number of hydrogen-bond donors (Lipinski definition) is 1. The normalized spacial score (nSPS) is 14.2. The van der Waals surface area contributed by atoms with Crippen molar-refractivity contribution in [2.75, 3.05) is 4.90 Å². The van der Waals surface area contributed by atoms with E-state index in [1.54, 1.807) is 38.2 Å². The highest BCUT2D eigenvalue weighted by Crippen LogP contribution is 2.49. The summed E-state index contributed by atoms with van der Waals surface area (Å²) in [4.78, 5) is 39.9. The number of carbonyl (C=O) groups is 2. The minimum Gasteiger partial charge on any atom is -0.366 e. The van der Waals surface area contributed by atoms with E-state index in [0.717, 1.165) is 12.3 Å². The molecule has 0 fully saturated rings. The maximum atomic E-state index is 14.3. The highest BCUT2D eigenvalue weighted by atomic mass is 19.4. The van der Waals surface area contributed by atoms with Gasteiger partial charge in [-0.2, -0.15) is 18.4 Å². The van der Waals surface area contributed by atoms with E-state index in [0.29, 0.717) is 22.6 Å². The maximum absolute atomic E-state index is 14.3. The summed E-state index contributed by atoms with van der Waals surface area (Å²) in [6, 6.07) is 11.7. The van der Waals surface area contributed by atoms with Gasteiger partial charge in [-0.25, -0.2) is 4.98 Å². The van der Waals surface area contributed by atoms with Gasteiger partial charge in [-0.15, -0.1) is 0 Å². The van der Waals surface area contributed by atoms with Gasteiger partial charge < -0.3 is 5.73 Å². The molecule has 0 spiro atoms. The van der Waals surface area contributed by atoms with E-state index in [9.17, 15) is 22.8 Å². The molecular weight excluding hydrogens is 509 g/mol. The summed E-state index contributed by atoms with van der Waals surface area (Å²) in [5.41, 5.74) is 3.54. The number of alkyl halides is 3. The molecule has 3 aromatic heterocycles. The van der Waals surface area contributed by atoms with E-state index < -0.39 is 34.2 Å². The molecule has 0 saturated carbocycles. The fourth-order valence-corrected chi connectivity index (χ4v) is 4.80. The highest BCUT2D eigenvalue weighted by molar-refractivity contribution is 6.13. The number of pyridine rings is 3. The predicted molar refractivity (Wildman–Crippen MR) is 136 cm³/mol. The summed E-state index contributed by atoms with van der Waals surface area (Å²) in [5, 5.41) is 9.08. The molecule has 1 aromatic carbocycles. The van der Waals surface area contributed by atoms with Gasteiger partial charge in [0.15, 0.2) is 0 Å². The molecule has 0 unspecified atom stereocenters. The minimum absolute atomic E-state index is 0.108. The number of nitrogens with two attached hydrogens (primary N) is 1. The molecule has 1 aliphatic rings. The summed E-state index contributed by atoms with van der Waals surface area (Å²) < 4.78 is 42.9. The molecule has 5 rings (SSSR count). The second-order valence-electron chi connectivity index (χ2n) is 9.39. The van der Waals surface area contributed by atoms with Crippen LogP contribution in [-0.2, 0) is 16.4 Å². The third-order valence-electron chi connectivity index (χ3n) is 6.58. The van der Waals surface area contributed by atoms with Crippen molar-refractivity contribution in [2.45, 2.75) is 25.4 Å². The van der Waals surface area contributed by atoms with Crippen LogP contribution in [0.5, 0.6) is 0 Å². The third-order valence-corrected chi connectivity index (χ3v) is 6.58. The maximum Gasteiger partial charge on any atom is 0.417 e. The van der Waals surface area contributed by atoms with Gasteiger partial charge in [-0.05, 0) is 67.4 Å². The van der Waals surface area contributed by atoms with Crippen molar-refractivity contribution in [3.05, 3.63) is 89.5 Å². The number of fused-ring (bicyclic) bond motifs is 1. The Hall–Kier alpha value is -5.11. The molecule has 1 aliphatic heterocycles. The molecule has 11 heteroatoms. The van der Waals surface area contributed by atoms with Gasteiger partial charge in [0.25, 0.3) is 0 Å². The number of anilines is 2. The Balaban J connectivity index is 1.82. The average Bonchev–Trinajstić information content (AvgIpc) is 3.12. The van der Waals surface area contributed by atoms with Gasteiger partial charge >= 0.3 is 6.18 Å². The van der Waals surface area contributed by atoms with Crippen LogP contribution in [0.1, 0.15) is 40.9 Å². The number of aromatic nitrogens is 3. The van der Waals surface area contributed by atoms with E-state index in [-0.39, 0.29) is 22.7 Å². The van der Waals surface area contributed by atoms with E-state index >= 15 is 0 Å². The van der Waals surface area contributed by atoms with Gasteiger partial charge in [0.05, 0.1) is 39.7 Å². The highest BCUT2D eigenvalue weighted by Gasteiger charge is 2.48. The van der Waals surface area contributed by atoms with E-state index in [1.165, 1.54) is 35.5 Å². The molecule has 0 radical (unpaired) electrons. The monoisotopic (exact) mass is 528 g/mol. The molecular formula is C28H19F3N6O2. The minimum atomic E-state index is -4.94. The summed E-state index contributed by atoms with van der Waals surface area (Å²) in [7, 11) is 0. The second kappa shape index (κ2) is 9.02. The second-order valence-corrected chi connectivity index (χ2v) is 9.39. The molecule has 2 amide bonds. The lowest BCUT2D eigenvalue weighted by atomic mass is 9.81. The first-order chi connectivity index (χ1) is 18.4. The number of primary amides is 1. The van der Waals surface area contributed by atoms with Crippen LogP contribution < -0.4 is 10.6 Å². The fourth-order valence-electron chi connectivity index (χ4n) is 4.80. The van der Waals surface area contributed by atoms with Crippen molar-refractivity contribution in [3.63, 3.8) is 0 Å². The lowest BCUT2D eigenvalue weighted by Gasteiger charge is -2.21. The Morgan fingerprint density at radius 1 is 1.05 bits per heavy atom. The van der Waals surface area contributed by atoms with E-state index in [1.807, 2.05) is 6.07 Å². The Morgan fingerprint density at radius 3 is 2.41 bits per heavy atom. The summed E-state index contributed by atoms with van der Waals surface area (Å²) in [6.07, 6.45) is 0.708. The molecule has 8 nitrogen and oxygen atoms in total. The molecule has 4 aromatic rings. The van der Waals surface area contributed by atoms with Crippen LogP contribution in [0.25, 0.3) is 22.4 Å². The first-order valence-corrected chi connectivity index (χ1v) is 11.6. The van der Waals surface area contributed by atoms with Crippen LogP contribution in [0.15, 0.2) is 67.3 Å². The van der Waals surface area contributed by atoms with Gasteiger partial charge in [0, 0.05) is 29.7 Å². The number of benzene rings is 1. The molecule has 194 valence electrons. The molecule has 39 heavy (non-hydrogen) atoms.